The molecule has 4 heterocycles. The molecule has 64 heavy (non-hydrogen) atoms. The molecular formula is C43H49N11O8S2. The van der Waals surface area contributed by atoms with Gasteiger partial charge in [0.2, 0.25) is 0 Å². The fourth-order valence-electron chi connectivity index (χ4n) is 5.76. The van der Waals surface area contributed by atoms with Crippen molar-refractivity contribution in [1.82, 2.24) is 29.7 Å². The first kappa shape index (κ1) is 46.4. The number of aromatic nitrogens is 6. The summed E-state index contributed by atoms with van der Waals surface area (Å²) in [6.45, 7) is 14.6. The van der Waals surface area contributed by atoms with Gasteiger partial charge in [0.15, 0.2) is 21.7 Å². The van der Waals surface area contributed by atoms with Gasteiger partial charge in [-0.3, -0.25) is 20.1 Å². The van der Waals surface area contributed by atoms with Crippen molar-refractivity contribution < 1.29 is 38.2 Å². The lowest BCUT2D eigenvalue weighted by Crippen LogP contribution is -2.20. The van der Waals surface area contributed by atoms with Gasteiger partial charge in [0.25, 0.3) is 5.91 Å². The van der Waals surface area contributed by atoms with E-state index in [-0.39, 0.29) is 33.1 Å². The Morgan fingerprint density at radius 1 is 0.719 bits per heavy atom. The van der Waals surface area contributed by atoms with Crippen LogP contribution in [-0.4, -0.2) is 72.8 Å². The van der Waals surface area contributed by atoms with Crippen LogP contribution in [0.4, 0.5) is 37.0 Å². The topological polar surface area (TPSA) is 245 Å². The van der Waals surface area contributed by atoms with Gasteiger partial charge in [-0.2, -0.15) is 5.10 Å². The number of thiazole rings is 2. The summed E-state index contributed by atoms with van der Waals surface area (Å²) >= 11 is 2.23. The van der Waals surface area contributed by atoms with Gasteiger partial charge < -0.3 is 35.1 Å². The summed E-state index contributed by atoms with van der Waals surface area (Å²) in [7, 11) is 1.49. The number of amides is 5. The van der Waals surface area contributed by atoms with Gasteiger partial charge in [-0.05, 0) is 74.4 Å². The summed E-state index contributed by atoms with van der Waals surface area (Å²) < 4.78 is 18.1. The third kappa shape index (κ3) is 12.7. The number of imidazole rings is 1. The van der Waals surface area contributed by atoms with Gasteiger partial charge in [0.05, 0.1) is 30.8 Å². The Morgan fingerprint density at radius 2 is 1.30 bits per heavy atom. The normalized spacial score (nSPS) is 11.0. The Bertz CT molecular complexity index is 2660. The van der Waals surface area contributed by atoms with Crippen molar-refractivity contribution in [3.63, 3.8) is 0 Å². The zero-order valence-electron chi connectivity index (χ0n) is 36.5. The number of carbonyl (C=O) groups excluding carboxylic acids is 5. The quantitative estimate of drug-likeness (QED) is 0.0373. The molecule has 0 atom stereocenters. The van der Waals surface area contributed by atoms with E-state index in [1.807, 2.05) is 65.8 Å². The molecule has 0 aliphatic carbocycles. The van der Waals surface area contributed by atoms with Crippen LogP contribution >= 0.6 is 22.7 Å². The Morgan fingerprint density at radius 3 is 1.89 bits per heavy atom. The molecule has 0 radical (unpaired) electrons. The maximum Gasteiger partial charge on any atom is 0.366 e. The van der Waals surface area contributed by atoms with E-state index in [9.17, 15) is 24.0 Å². The maximum atomic E-state index is 13.1. The smallest absolute Gasteiger partial charge is 0.366 e. The largest absolute Gasteiger partial charge is 0.491 e. The van der Waals surface area contributed by atoms with E-state index in [4.69, 9.17) is 14.2 Å². The Hall–Kier alpha value is -7.13. The second-order valence-corrected chi connectivity index (χ2v) is 17.7. The van der Waals surface area contributed by atoms with E-state index in [0.717, 1.165) is 27.3 Å². The van der Waals surface area contributed by atoms with E-state index < -0.39 is 29.9 Å². The zero-order valence-corrected chi connectivity index (χ0v) is 38.1. The molecule has 0 fully saturated rings. The summed E-state index contributed by atoms with van der Waals surface area (Å²) in [5.41, 5.74) is 3.08. The number of esters is 2. The SMILES string of the molecule is Cc1ccc(NC(=O)Nc2ncc(CCc3nc(C(=O)OC(=O)c4cc(NC(=O)c5cnc(NC(=O)Nc6ccc(C)cc6OCC(C)C)s5)n(C)n4)c(C)[nH]3)s2)c(OCC(C)C)c1. The summed E-state index contributed by atoms with van der Waals surface area (Å²) in [5, 5.41) is 18.3. The number of hydrogen-bond acceptors (Lipinski definition) is 14. The highest BCUT2D eigenvalue weighted by atomic mass is 32.1. The minimum absolute atomic E-state index is 0.0777. The number of nitrogens with zero attached hydrogens (tertiary/aromatic N) is 5. The Kier molecular flexibility index (Phi) is 15.1. The molecular weight excluding hydrogens is 863 g/mol. The fraction of sp³-hybridized carbons (Fsp3) is 0.326. The van der Waals surface area contributed by atoms with Crippen LogP contribution in [0.15, 0.2) is 54.9 Å². The van der Waals surface area contributed by atoms with Crippen molar-refractivity contribution in [1.29, 1.82) is 0 Å². The second kappa shape index (κ2) is 20.8. The lowest BCUT2D eigenvalue weighted by molar-refractivity contribution is 0.0388. The highest BCUT2D eigenvalue weighted by Crippen LogP contribution is 2.29. The Balaban J connectivity index is 0.974. The van der Waals surface area contributed by atoms with Crippen molar-refractivity contribution in [2.75, 3.05) is 39.8 Å². The van der Waals surface area contributed by atoms with Crippen LogP contribution in [0.2, 0.25) is 0 Å². The first-order valence-corrected chi connectivity index (χ1v) is 21.8. The minimum atomic E-state index is -1.05. The van der Waals surface area contributed by atoms with E-state index in [0.29, 0.717) is 71.5 Å². The molecule has 0 saturated heterocycles. The van der Waals surface area contributed by atoms with Crippen molar-refractivity contribution in [2.45, 2.75) is 61.3 Å². The lowest BCUT2D eigenvalue weighted by atomic mass is 10.2. The van der Waals surface area contributed by atoms with Gasteiger partial charge in [0.1, 0.15) is 28.0 Å². The van der Waals surface area contributed by atoms with E-state index in [2.05, 4.69) is 51.6 Å². The molecule has 6 aromatic rings. The number of hydrogen-bond donors (Lipinski definition) is 6. The molecule has 2 aromatic carbocycles. The molecule has 4 aromatic heterocycles. The van der Waals surface area contributed by atoms with E-state index in [1.165, 1.54) is 35.3 Å². The van der Waals surface area contributed by atoms with Gasteiger partial charge in [-0.15, -0.1) is 11.3 Å². The number of aromatic amines is 1. The molecule has 336 valence electrons. The number of benzene rings is 2. The number of ether oxygens (including phenoxy) is 3. The van der Waals surface area contributed by atoms with Crippen LogP contribution < -0.4 is 36.1 Å². The average molecular weight is 912 g/mol. The predicted molar refractivity (Wildman–Crippen MR) is 244 cm³/mol. The first-order chi connectivity index (χ1) is 30.5. The van der Waals surface area contributed by atoms with Crippen molar-refractivity contribution >= 4 is 80.0 Å². The average Bonchev–Trinajstić information content (AvgIpc) is 4.05. The number of nitrogens with one attached hydrogen (secondary N) is 6. The van der Waals surface area contributed by atoms with Crippen LogP contribution in [0, 0.1) is 32.6 Å². The van der Waals surface area contributed by atoms with Crippen LogP contribution in [0.5, 0.6) is 11.5 Å². The molecule has 0 aliphatic heterocycles. The number of anilines is 5. The molecule has 0 bridgehead atoms. The summed E-state index contributed by atoms with van der Waals surface area (Å²) in [6.07, 6.45) is 3.83. The fourth-order valence-corrected chi connectivity index (χ4v) is 7.28. The first-order valence-electron chi connectivity index (χ1n) is 20.2. The van der Waals surface area contributed by atoms with Crippen LogP contribution in [0.1, 0.15) is 85.9 Å². The number of H-pyrrole nitrogens is 1. The standard InChI is InChI=1S/C43H49N11O8S2/c1-22(2)20-60-31-15-24(5)9-12-28(31)47-40(58)51-42-44-18-27(63-42)11-14-34-46-26(7)36(49-34)39(57)62-38(56)30-17-35(54(8)53-30)50-37(55)33-19-45-43(64-33)52-41(59)48-29-13-10-25(6)16-32(29)61-21-23(3)4/h9-10,12-13,15-19,22-23H,11,14,20-21H2,1-8H3,(H,46,49)(H,50,55)(H2,44,47,51,58)(H2,45,48,52,59). The van der Waals surface area contributed by atoms with E-state index in [1.54, 1.807) is 25.3 Å². The highest BCUT2D eigenvalue weighted by Gasteiger charge is 2.24. The van der Waals surface area contributed by atoms with Crippen LogP contribution in [0.3, 0.4) is 0 Å². The molecule has 6 rings (SSSR count). The van der Waals surface area contributed by atoms with E-state index >= 15 is 0 Å². The molecule has 0 unspecified atom stereocenters. The number of aryl methyl sites for hydroxylation is 6. The summed E-state index contributed by atoms with van der Waals surface area (Å²) in [4.78, 5) is 81.7. The molecule has 0 spiro atoms. The third-order valence-corrected chi connectivity index (χ3v) is 10.8. The number of urea groups is 2. The van der Waals surface area contributed by atoms with Crippen LogP contribution in [-0.2, 0) is 24.6 Å². The van der Waals surface area contributed by atoms with Crippen molar-refractivity contribution in [2.24, 2.45) is 18.9 Å². The second-order valence-electron chi connectivity index (χ2n) is 15.6. The Labute approximate surface area is 376 Å². The molecule has 0 saturated carbocycles. The number of rotatable bonds is 17. The molecule has 6 N–H and O–H groups in total. The van der Waals surface area contributed by atoms with Crippen molar-refractivity contribution in [3.8, 4) is 11.5 Å². The minimum Gasteiger partial charge on any atom is -0.491 e. The van der Waals surface area contributed by atoms with Gasteiger partial charge in [0, 0.05) is 36.3 Å². The highest BCUT2D eigenvalue weighted by molar-refractivity contribution is 7.17. The third-order valence-electron chi connectivity index (χ3n) is 8.89. The maximum absolute atomic E-state index is 13.1. The number of carbonyl (C=O) groups is 5. The van der Waals surface area contributed by atoms with Gasteiger partial charge in [-0.1, -0.05) is 51.2 Å². The van der Waals surface area contributed by atoms with Crippen LogP contribution in [0.25, 0.3) is 0 Å². The molecule has 5 amide bonds. The summed E-state index contributed by atoms with van der Waals surface area (Å²) in [5.74, 6) is -0.291. The van der Waals surface area contributed by atoms with Gasteiger partial charge in [-0.25, -0.2) is 34.1 Å². The predicted octanol–water partition coefficient (Wildman–Crippen LogP) is 8.37. The lowest BCUT2D eigenvalue weighted by Gasteiger charge is -2.14. The molecule has 21 heteroatoms. The molecule has 19 nitrogen and oxygen atoms in total. The molecule has 0 aliphatic rings. The van der Waals surface area contributed by atoms with Gasteiger partial charge >= 0.3 is 24.0 Å². The van der Waals surface area contributed by atoms with Crippen molar-refractivity contribution in [3.05, 3.63) is 98.6 Å². The summed E-state index contributed by atoms with van der Waals surface area (Å²) in [6, 6.07) is 11.2. The zero-order chi connectivity index (χ0) is 46.1. The monoisotopic (exact) mass is 911 g/mol.